The summed E-state index contributed by atoms with van der Waals surface area (Å²) in [5.74, 6) is -1.07. The number of anilines is 2. The smallest absolute Gasteiger partial charge is 0.410 e. The molecule has 1 N–H and O–H groups in total. The predicted molar refractivity (Wildman–Crippen MR) is 164 cm³/mol. The molecular weight excluding hydrogens is 572 g/mol. The number of ether oxygens (including phenoxy) is 2. The summed E-state index contributed by atoms with van der Waals surface area (Å²) < 4.78 is 13.6. The summed E-state index contributed by atoms with van der Waals surface area (Å²) in [5, 5.41) is 16.3. The standard InChI is InChI=1S/C31H39ClN6O5/c1-19-15-25-21(17-33-38(25)26-7-5-6-14-42-26)28(27(19)32)37-9-8-20-23(18-37)34-22(29(39)40)16-24(20)35-10-12-36(13-11-35)30(41)43-31(2,3)4/h15-17,26H,5-14,18H2,1-4H3,(H,39,40). The Morgan fingerprint density at radius 2 is 1.86 bits per heavy atom. The van der Waals surface area contributed by atoms with Crippen LogP contribution in [0.5, 0.6) is 0 Å². The Morgan fingerprint density at radius 3 is 2.53 bits per heavy atom. The van der Waals surface area contributed by atoms with Crippen LogP contribution in [0.1, 0.15) is 73.6 Å². The number of rotatable bonds is 4. The van der Waals surface area contributed by atoms with Crippen LogP contribution >= 0.6 is 11.6 Å². The van der Waals surface area contributed by atoms with Gasteiger partial charge in [0.05, 0.1) is 34.7 Å². The topological polar surface area (TPSA) is 113 Å². The van der Waals surface area contributed by atoms with Gasteiger partial charge in [-0.2, -0.15) is 5.10 Å². The average Bonchev–Trinajstić information content (AvgIpc) is 3.39. The van der Waals surface area contributed by atoms with Crippen molar-refractivity contribution in [2.75, 3.05) is 49.1 Å². The number of carboxylic acids is 1. The lowest BCUT2D eigenvalue weighted by atomic mass is 9.99. The van der Waals surface area contributed by atoms with Crippen LogP contribution in [0.15, 0.2) is 18.3 Å². The highest BCUT2D eigenvalue weighted by Gasteiger charge is 2.31. The van der Waals surface area contributed by atoms with Gasteiger partial charge in [0.1, 0.15) is 5.60 Å². The quantitative estimate of drug-likeness (QED) is 0.414. The van der Waals surface area contributed by atoms with Crippen molar-refractivity contribution in [1.29, 1.82) is 0 Å². The van der Waals surface area contributed by atoms with E-state index in [4.69, 9.17) is 26.2 Å². The van der Waals surface area contributed by atoms with Crippen LogP contribution in [0.25, 0.3) is 10.9 Å². The zero-order valence-electron chi connectivity index (χ0n) is 25.2. The van der Waals surface area contributed by atoms with Gasteiger partial charge in [0.15, 0.2) is 11.9 Å². The Bertz CT molecular complexity index is 1550. The molecule has 43 heavy (non-hydrogen) atoms. The first-order valence-corrected chi connectivity index (χ1v) is 15.4. The van der Waals surface area contributed by atoms with Gasteiger partial charge in [0.25, 0.3) is 0 Å². The van der Waals surface area contributed by atoms with E-state index in [0.29, 0.717) is 50.7 Å². The van der Waals surface area contributed by atoms with E-state index in [2.05, 4.69) is 20.9 Å². The number of piperazine rings is 1. The van der Waals surface area contributed by atoms with Gasteiger partial charge in [-0.05, 0) is 71.1 Å². The second-order valence-electron chi connectivity index (χ2n) is 12.6. The van der Waals surface area contributed by atoms with Crippen LogP contribution in [0.3, 0.4) is 0 Å². The Balaban J connectivity index is 1.29. The number of carbonyl (C=O) groups excluding carboxylic acids is 1. The lowest BCUT2D eigenvalue weighted by Crippen LogP contribution is -2.50. The summed E-state index contributed by atoms with van der Waals surface area (Å²) in [5.41, 5.74) is 4.90. The van der Waals surface area contributed by atoms with Crippen molar-refractivity contribution in [2.24, 2.45) is 0 Å². The van der Waals surface area contributed by atoms with E-state index in [0.717, 1.165) is 65.0 Å². The number of benzene rings is 1. The number of fused-ring (bicyclic) bond motifs is 2. The number of carboxylic acid groups (broad SMARTS) is 1. The number of amides is 1. The van der Waals surface area contributed by atoms with Gasteiger partial charge in [-0.3, -0.25) is 0 Å². The molecule has 12 heteroatoms. The molecule has 0 spiro atoms. The van der Waals surface area contributed by atoms with Crippen molar-refractivity contribution in [3.63, 3.8) is 0 Å². The summed E-state index contributed by atoms with van der Waals surface area (Å²) in [6.45, 7) is 11.5. The Labute approximate surface area is 256 Å². The molecule has 0 saturated carbocycles. The highest BCUT2D eigenvalue weighted by atomic mass is 35.5. The molecule has 0 bridgehead atoms. The lowest BCUT2D eigenvalue weighted by molar-refractivity contribution is -0.0366. The van der Waals surface area contributed by atoms with Crippen molar-refractivity contribution in [3.8, 4) is 0 Å². The monoisotopic (exact) mass is 610 g/mol. The second kappa shape index (κ2) is 11.5. The van der Waals surface area contributed by atoms with E-state index >= 15 is 0 Å². The molecule has 11 nitrogen and oxygen atoms in total. The summed E-state index contributed by atoms with van der Waals surface area (Å²) in [6, 6.07) is 3.74. The third-order valence-electron chi connectivity index (χ3n) is 8.39. The molecular formula is C31H39ClN6O5. The van der Waals surface area contributed by atoms with E-state index in [-0.39, 0.29) is 18.0 Å². The summed E-state index contributed by atoms with van der Waals surface area (Å²) in [4.78, 5) is 35.4. The van der Waals surface area contributed by atoms with Crippen molar-refractivity contribution >= 4 is 45.9 Å². The summed E-state index contributed by atoms with van der Waals surface area (Å²) in [6.07, 6.45) is 5.19. The zero-order chi connectivity index (χ0) is 30.5. The number of pyridine rings is 1. The normalized spacial score (nSPS) is 19.5. The molecule has 1 aromatic carbocycles. The largest absolute Gasteiger partial charge is 0.477 e. The van der Waals surface area contributed by atoms with Gasteiger partial charge in [-0.25, -0.2) is 19.3 Å². The molecule has 1 unspecified atom stereocenters. The van der Waals surface area contributed by atoms with Gasteiger partial charge in [-0.1, -0.05) is 11.6 Å². The Hall–Kier alpha value is -3.57. The summed E-state index contributed by atoms with van der Waals surface area (Å²) in [7, 11) is 0. The highest BCUT2D eigenvalue weighted by Crippen LogP contribution is 2.41. The minimum atomic E-state index is -1.07. The fourth-order valence-corrected chi connectivity index (χ4v) is 6.56. The van der Waals surface area contributed by atoms with E-state index in [9.17, 15) is 14.7 Å². The third-order valence-corrected chi connectivity index (χ3v) is 8.87. The van der Waals surface area contributed by atoms with Crippen LogP contribution < -0.4 is 9.80 Å². The van der Waals surface area contributed by atoms with Crippen LogP contribution in [0.4, 0.5) is 16.2 Å². The molecule has 0 aliphatic carbocycles. The number of aromatic nitrogens is 3. The number of nitrogens with zero attached hydrogens (tertiary/aromatic N) is 6. The molecule has 5 heterocycles. The van der Waals surface area contributed by atoms with Gasteiger partial charge < -0.3 is 29.3 Å². The predicted octanol–water partition coefficient (Wildman–Crippen LogP) is 5.41. The second-order valence-corrected chi connectivity index (χ2v) is 13.0. The SMILES string of the molecule is Cc1cc2c(cnn2C2CCCCO2)c(N2CCc3c(N4CCN(C(=O)OC(C)(C)C)CC4)cc(C(=O)O)nc3C2)c1Cl. The fraction of sp³-hybridized carbons (Fsp3) is 0.548. The fourth-order valence-electron chi connectivity index (χ4n) is 6.29. The number of halogens is 1. The first kappa shape index (κ1) is 29.5. The first-order valence-electron chi connectivity index (χ1n) is 15.0. The van der Waals surface area contributed by atoms with Gasteiger partial charge in [0, 0.05) is 56.0 Å². The number of hydrogen-bond acceptors (Lipinski definition) is 8. The zero-order valence-corrected chi connectivity index (χ0v) is 26.0. The molecule has 0 radical (unpaired) electrons. The van der Waals surface area contributed by atoms with Crippen LogP contribution in [0.2, 0.25) is 5.02 Å². The molecule has 2 fully saturated rings. The number of aryl methyl sites for hydroxylation is 1. The van der Waals surface area contributed by atoms with E-state index < -0.39 is 11.6 Å². The van der Waals surface area contributed by atoms with Crippen LogP contribution in [-0.4, -0.2) is 81.8 Å². The highest BCUT2D eigenvalue weighted by molar-refractivity contribution is 6.35. The Kier molecular flexibility index (Phi) is 7.89. The van der Waals surface area contributed by atoms with Gasteiger partial charge in [0.2, 0.25) is 0 Å². The minimum Gasteiger partial charge on any atom is -0.477 e. The number of aromatic carboxylic acids is 1. The van der Waals surface area contributed by atoms with Crippen molar-refractivity contribution in [3.05, 3.63) is 45.9 Å². The maximum Gasteiger partial charge on any atom is 0.410 e. The van der Waals surface area contributed by atoms with Gasteiger partial charge in [-0.15, -0.1) is 0 Å². The van der Waals surface area contributed by atoms with Crippen LogP contribution in [-0.2, 0) is 22.4 Å². The molecule has 230 valence electrons. The van der Waals surface area contributed by atoms with E-state index in [1.54, 1.807) is 11.0 Å². The first-order chi connectivity index (χ1) is 20.5. The Morgan fingerprint density at radius 1 is 1.09 bits per heavy atom. The molecule has 6 rings (SSSR count). The molecule has 3 aliphatic rings. The van der Waals surface area contributed by atoms with Crippen molar-refractivity contribution in [2.45, 2.75) is 71.8 Å². The van der Waals surface area contributed by atoms with E-state index in [1.165, 1.54) is 0 Å². The molecule has 2 aromatic heterocycles. The molecule has 3 aliphatic heterocycles. The molecule has 3 aromatic rings. The maximum absolute atomic E-state index is 12.6. The summed E-state index contributed by atoms with van der Waals surface area (Å²) >= 11 is 6.97. The maximum atomic E-state index is 12.6. The minimum absolute atomic E-state index is 0.00734. The average molecular weight is 611 g/mol. The van der Waals surface area contributed by atoms with Gasteiger partial charge >= 0.3 is 12.1 Å². The third kappa shape index (κ3) is 5.84. The number of hydrogen-bond donors (Lipinski definition) is 1. The lowest BCUT2D eigenvalue weighted by Gasteiger charge is -2.39. The van der Waals surface area contributed by atoms with E-state index in [1.807, 2.05) is 38.6 Å². The molecule has 2 saturated heterocycles. The van der Waals surface area contributed by atoms with Crippen molar-refractivity contribution < 1.29 is 24.2 Å². The molecule has 1 atom stereocenters. The number of carbonyl (C=O) groups is 2. The van der Waals surface area contributed by atoms with Crippen molar-refractivity contribution in [1.82, 2.24) is 19.7 Å². The van der Waals surface area contributed by atoms with Crippen LogP contribution in [0, 0.1) is 6.92 Å². The molecule has 1 amide bonds.